The fourth-order valence-corrected chi connectivity index (χ4v) is 5.09. The van der Waals surface area contributed by atoms with E-state index in [4.69, 9.17) is 10.7 Å². The van der Waals surface area contributed by atoms with E-state index in [2.05, 4.69) is 77.1 Å². The Morgan fingerprint density at radius 1 is 1.06 bits per heavy atom. The Hall–Kier alpha value is -2.98. The van der Waals surface area contributed by atoms with Gasteiger partial charge in [-0.1, -0.05) is 72.8 Å². The van der Waals surface area contributed by atoms with E-state index < -0.39 is 0 Å². The van der Waals surface area contributed by atoms with Crippen molar-refractivity contribution in [1.29, 1.82) is 0 Å². The molecule has 4 heteroatoms. The molecule has 0 radical (unpaired) electrons. The fraction of sp³-hybridized carbons (Fsp3) is 0.357. The van der Waals surface area contributed by atoms with Crippen molar-refractivity contribution in [3.8, 4) is 0 Å². The summed E-state index contributed by atoms with van der Waals surface area (Å²) in [5, 5.41) is 3.76. The van der Waals surface area contributed by atoms with Gasteiger partial charge in [0, 0.05) is 30.9 Å². The third-order valence-corrected chi connectivity index (χ3v) is 6.75. The van der Waals surface area contributed by atoms with Crippen LogP contribution in [-0.2, 0) is 0 Å². The van der Waals surface area contributed by atoms with Crippen LogP contribution in [-0.4, -0.2) is 31.7 Å². The van der Waals surface area contributed by atoms with Gasteiger partial charge in [-0.2, -0.15) is 0 Å². The minimum atomic E-state index is 0.312. The molecule has 0 saturated heterocycles. The summed E-state index contributed by atoms with van der Waals surface area (Å²) in [4.78, 5) is 9.14. The van der Waals surface area contributed by atoms with Crippen LogP contribution in [0.15, 0.2) is 88.9 Å². The molecule has 0 spiro atoms. The highest BCUT2D eigenvalue weighted by molar-refractivity contribution is 6.32. The summed E-state index contributed by atoms with van der Waals surface area (Å²) < 4.78 is 0. The third-order valence-electron chi connectivity index (χ3n) is 6.75. The summed E-state index contributed by atoms with van der Waals surface area (Å²) in [5.41, 5.74) is 11.0. The Balaban J connectivity index is 1.49. The maximum absolute atomic E-state index is 6.33. The van der Waals surface area contributed by atoms with Crippen LogP contribution in [0.2, 0.25) is 0 Å². The maximum Gasteiger partial charge on any atom is 0.0890 e. The molecule has 0 aliphatic heterocycles. The second kappa shape index (κ2) is 11.1. The second-order valence-corrected chi connectivity index (χ2v) is 8.75. The van der Waals surface area contributed by atoms with Crippen molar-refractivity contribution in [1.82, 2.24) is 5.32 Å². The molecule has 4 atom stereocenters. The molecule has 0 heterocycles. The van der Waals surface area contributed by atoms with Crippen molar-refractivity contribution < 1.29 is 0 Å². The lowest BCUT2D eigenvalue weighted by atomic mass is 9.72. The normalized spacial score (nSPS) is 26.0. The van der Waals surface area contributed by atoms with Gasteiger partial charge in [0.1, 0.15) is 0 Å². The lowest BCUT2D eigenvalue weighted by molar-refractivity contribution is 0.303. The first-order valence-electron chi connectivity index (χ1n) is 11.7. The number of hydrogen-bond acceptors (Lipinski definition) is 4. The number of aliphatic imine (C=N–C) groups is 2. The molecule has 0 bridgehead atoms. The number of nitrogens with zero attached hydrogens (tertiary/aromatic N) is 2. The molecule has 2 aliphatic rings. The van der Waals surface area contributed by atoms with Crippen LogP contribution in [0.3, 0.4) is 0 Å². The summed E-state index contributed by atoms with van der Waals surface area (Å²) in [6.45, 7) is 0.613. The predicted molar refractivity (Wildman–Crippen MR) is 137 cm³/mol. The zero-order valence-electron chi connectivity index (χ0n) is 18.9. The standard InChI is InChI=1S/C28H34N4/c1-30-19-28(22-12-6-3-7-13-22)32-20-31-27-17-16-23(24-14-8-9-15-26(24)29)18-25(27)21-10-4-2-5-11-21/h2-12,14-15,19,22-23,25,27,31H,13,16-18,20,29H2,1H3. The van der Waals surface area contributed by atoms with E-state index in [-0.39, 0.29) is 0 Å². The summed E-state index contributed by atoms with van der Waals surface area (Å²) in [5.74, 6) is 1.24. The number of hydrogen-bond donors (Lipinski definition) is 2. The monoisotopic (exact) mass is 426 g/mol. The van der Waals surface area contributed by atoms with Crippen LogP contribution in [0.25, 0.3) is 0 Å². The van der Waals surface area contributed by atoms with Crippen molar-refractivity contribution in [2.45, 2.75) is 43.6 Å². The van der Waals surface area contributed by atoms with Crippen LogP contribution >= 0.6 is 0 Å². The highest BCUT2D eigenvalue weighted by Gasteiger charge is 2.32. The van der Waals surface area contributed by atoms with Gasteiger partial charge in [0.15, 0.2) is 0 Å². The smallest absolute Gasteiger partial charge is 0.0890 e. The number of anilines is 1. The number of nitrogens with one attached hydrogen (secondary N) is 1. The predicted octanol–water partition coefficient (Wildman–Crippen LogP) is 5.51. The number of benzene rings is 2. The van der Waals surface area contributed by atoms with Gasteiger partial charge >= 0.3 is 0 Å². The first-order chi connectivity index (χ1) is 15.8. The topological polar surface area (TPSA) is 62.8 Å². The quantitative estimate of drug-likeness (QED) is 0.453. The van der Waals surface area contributed by atoms with Gasteiger partial charge < -0.3 is 5.73 Å². The van der Waals surface area contributed by atoms with Gasteiger partial charge in [0.2, 0.25) is 0 Å². The first-order valence-corrected chi connectivity index (χ1v) is 11.7. The summed E-state index contributed by atoms with van der Waals surface area (Å²) in [6, 6.07) is 19.6. The lowest BCUT2D eigenvalue weighted by Gasteiger charge is -2.37. The highest BCUT2D eigenvalue weighted by atomic mass is 15.0. The molecule has 2 aliphatic carbocycles. The van der Waals surface area contributed by atoms with E-state index >= 15 is 0 Å². The Kier molecular flexibility index (Phi) is 7.68. The SMILES string of the molecule is CN=CC(=NCNC1CCC(c2ccccc2N)CC1c1ccccc1)C1C=CC=CC1. The largest absolute Gasteiger partial charge is 0.398 e. The Bertz CT molecular complexity index is 990. The zero-order chi connectivity index (χ0) is 22.2. The van der Waals surface area contributed by atoms with E-state index in [9.17, 15) is 0 Å². The molecule has 0 amide bonds. The van der Waals surface area contributed by atoms with Crippen LogP contribution < -0.4 is 11.1 Å². The Morgan fingerprint density at radius 2 is 1.88 bits per heavy atom. The molecular formula is C28H34N4. The number of allylic oxidation sites excluding steroid dienone is 4. The molecule has 1 fully saturated rings. The van der Waals surface area contributed by atoms with E-state index in [0.717, 1.165) is 37.1 Å². The molecule has 4 unspecified atom stereocenters. The van der Waals surface area contributed by atoms with Gasteiger partial charge in [-0.15, -0.1) is 0 Å². The number of nitrogens with two attached hydrogens (primary N) is 1. The Labute approximate surface area is 192 Å². The molecule has 166 valence electrons. The van der Waals surface area contributed by atoms with E-state index in [1.165, 1.54) is 11.1 Å². The van der Waals surface area contributed by atoms with E-state index in [1.54, 1.807) is 0 Å². The molecule has 0 aromatic heterocycles. The van der Waals surface area contributed by atoms with Crippen molar-refractivity contribution in [2.24, 2.45) is 15.9 Å². The van der Waals surface area contributed by atoms with Gasteiger partial charge in [-0.25, -0.2) is 0 Å². The number of rotatable bonds is 7. The van der Waals surface area contributed by atoms with Crippen molar-refractivity contribution in [3.63, 3.8) is 0 Å². The maximum atomic E-state index is 6.33. The van der Waals surface area contributed by atoms with E-state index in [1.807, 2.05) is 25.4 Å². The van der Waals surface area contributed by atoms with Crippen molar-refractivity contribution in [3.05, 3.63) is 90.0 Å². The first kappa shape index (κ1) is 22.2. The molecule has 4 rings (SSSR count). The van der Waals surface area contributed by atoms with E-state index in [0.29, 0.717) is 30.5 Å². The average molecular weight is 427 g/mol. The molecule has 3 N–H and O–H groups in total. The third kappa shape index (κ3) is 5.43. The number of para-hydroxylation sites is 1. The van der Waals surface area contributed by atoms with Gasteiger partial charge in [-0.05, 0) is 54.7 Å². The second-order valence-electron chi connectivity index (χ2n) is 8.75. The summed E-state index contributed by atoms with van der Waals surface area (Å²) in [7, 11) is 1.81. The van der Waals surface area contributed by atoms with Gasteiger partial charge in [0.25, 0.3) is 0 Å². The van der Waals surface area contributed by atoms with Crippen LogP contribution in [0, 0.1) is 5.92 Å². The molecule has 2 aromatic carbocycles. The zero-order valence-corrected chi connectivity index (χ0v) is 18.9. The molecular weight excluding hydrogens is 392 g/mol. The average Bonchev–Trinajstić information content (AvgIpc) is 2.85. The van der Waals surface area contributed by atoms with Crippen molar-refractivity contribution in [2.75, 3.05) is 19.5 Å². The lowest BCUT2D eigenvalue weighted by Crippen LogP contribution is -2.39. The van der Waals surface area contributed by atoms with Crippen LogP contribution in [0.1, 0.15) is 48.6 Å². The van der Waals surface area contributed by atoms with Gasteiger partial charge in [-0.3, -0.25) is 15.3 Å². The minimum absolute atomic E-state index is 0.312. The minimum Gasteiger partial charge on any atom is -0.398 e. The van der Waals surface area contributed by atoms with Crippen LogP contribution in [0.5, 0.6) is 0 Å². The van der Waals surface area contributed by atoms with Crippen molar-refractivity contribution >= 4 is 17.6 Å². The molecule has 1 saturated carbocycles. The highest BCUT2D eigenvalue weighted by Crippen LogP contribution is 2.42. The number of nitrogen functional groups attached to an aromatic ring is 1. The summed E-state index contributed by atoms with van der Waals surface area (Å²) in [6.07, 6.45) is 14.8. The molecule has 2 aromatic rings. The van der Waals surface area contributed by atoms with Crippen LogP contribution in [0.4, 0.5) is 5.69 Å². The fourth-order valence-electron chi connectivity index (χ4n) is 5.09. The molecule has 32 heavy (non-hydrogen) atoms. The summed E-state index contributed by atoms with van der Waals surface area (Å²) >= 11 is 0. The molecule has 4 nitrogen and oxygen atoms in total. The Morgan fingerprint density at radius 3 is 2.62 bits per heavy atom. The van der Waals surface area contributed by atoms with Gasteiger partial charge in [0.05, 0.1) is 12.4 Å².